The fourth-order valence-electron chi connectivity index (χ4n) is 1.69. The molecule has 88 valence electrons. The second-order valence-corrected chi connectivity index (χ2v) is 3.66. The Morgan fingerprint density at radius 1 is 1.29 bits per heavy atom. The standard InChI is InChI=1S/C12H11FN2O2/c1-2-7-14-8-11(16)15(12(14)17)10-5-3-9(13)4-6-10/h2-6H,1,7-8H2. The molecule has 1 aromatic rings. The van der Waals surface area contributed by atoms with Gasteiger partial charge in [0.2, 0.25) is 0 Å². The Bertz CT molecular complexity index is 470. The van der Waals surface area contributed by atoms with Crippen LogP contribution in [0.15, 0.2) is 36.9 Å². The Kier molecular flexibility index (Phi) is 2.91. The van der Waals surface area contributed by atoms with Gasteiger partial charge in [-0.2, -0.15) is 0 Å². The highest BCUT2D eigenvalue weighted by atomic mass is 19.1. The molecule has 2 rings (SSSR count). The monoisotopic (exact) mass is 234 g/mol. The first kappa shape index (κ1) is 11.3. The molecule has 4 nitrogen and oxygen atoms in total. The molecular formula is C12H11FN2O2. The van der Waals surface area contributed by atoms with Crippen molar-refractivity contribution in [2.75, 3.05) is 18.0 Å². The lowest BCUT2D eigenvalue weighted by atomic mass is 10.3. The van der Waals surface area contributed by atoms with Crippen LogP contribution in [0, 0.1) is 5.82 Å². The van der Waals surface area contributed by atoms with Crippen molar-refractivity contribution in [1.82, 2.24) is 4.90 Å². The van der Waals surface area contributed by atoms with Gasteiger partial charge in [0.05, 0.1) is 5.69 Å². The van der Waals surface area contributed by atoms with Gasteiger partial charge in [-0.25, -0.2) is 14.1 Å². The van der Waals surface area contributed by atoms with E-state index in [1.54, 1.807) is 6.08 Å². The summed E-state index contributed by atoms with van der Waals surface area (Å²) in [5, 5.41) is 0. The molecule has 0 aliphatic carbocycles. The summed E-state index contributed by atoms with van der Waals surface area (Å²) in [5.74, 6) is -0.723. The number of hydrogen-bond donors (Lipinski definition) is 0. The van der Waals surface area contributed by atoms with Crippen molar-refractivity contribution < 1.29 is 14.0 Å². The normalized spacial score (nSPS) is 15.6. The van der Waals surface area contributed by atoms with E-state index in [0.29, 0.717) is 12.2 Å². The molecule has 5 heteroatoms. The molecule has 3 amide bonds. The highest BCUT2D eigenvalue weighted by Crippen LogP contribution is 2.21. The SMILES string of the molecule is C=CCN1CC(=O)N(c2ccc(F)cc2)C1=O. The van der Waals surface area contributed by atoms with Crippen molar-refractivity contribution in [3.05, 3.63) is 42.7 Å². The molecule has 0 unspecified atom stereocenters. The maximum atomic E-state index is 12.8. The highest BCUT2D eigenvalue weighted by molar-refractivity contribution is 6.19. The lowest BCUT2D eigenvalue weighted by molar-refractivity contribution is -0.116. The van der Waals surface area contributed by atoms with Crippen molar-refractivity contribution in [1.29, 1.82) is 0 Å². The minimum Gasteiger partial charge on any atom is -0.311 e. The van der Waals surface area contributed by atoms with Crippen LogP contribution < -0.4 is 4.90 Å². The molecule has 0 saturated carbocycles. The number of carbonyl (C=O) groups excluding carboxylic acids is 2. The van der Waals surface area contributed by atoms with Gasteiger partial charge in [0, 0.05) is 6.54 Å². The van der Waals surface area contributed by atoms with E-state index in [-0.39, 0.29) is 12.5 Å². The molecule has 1 saturated heterocycles. The van der Waals surface area contributed by atoms with E-state index in [2.05, 4.69) is 6.58 Å². The van der Waals surface area contributed by atoms with Gasteiger partial charge in [0.1, 0.15) is 12.4 Å². The van der Waals surface area contributed by atoms with Crippen molar-refractivity contribution in [3.8, 4) is 0 Å². The molecule has 1 heterocycles. The second-order valence-electron chi connectivity index (χ2n) is 3.66. The van der Waals surface area contributed by atoms with Crippen LogP contribution in [0.3, 0.4) is 0 Å². The van der Waals surface area contributed by atoms with Crippen LogP contribution in [0.1, 0.15) is 0 Å². The molecule has 1 fully saturated rings. The van der Waals surface area contributed by atoms with Crippen molar-refractivity contribution >= 4 is 17.6 Å². The van der Waals surface area contributed by atoms with Crippen LogP contribution >= 0.6 is 0 Å². The van der Waals surface area contributed by atoms with Gasteiger partial charge in [-0.15, -0.1) is 6.58 Å². The molecule has 1 aliphatic rings. The third kappa shape index (κ3) is 2.04. The molecule has 0 radical (unpaired) electrons. The van der Waals surface area contributed by atoms with E-state index < -0.39 is 11.8 Å². The molecule has 1 aliphatic heterocycles. The quantitative estimate of drug-likeness (QED) is 0.591. The van der Waals surface area contributed by atoms with E-state index in [9.17, 15) is 14.0 Å². The zero-order valence-corrected chi connectivity index (χ0v) is 9.10. The number of anilines is 1. The van der Waals surface area contributed by atoms with Gasteiger partial charge < -0.3 is 4.90 Å². The summed E-state index contributed by atoms with van der Waals surface area (Å²) in [7, 11) is 0. The van der Waals surface area contributed by atoms with E-state index in [1.807, 2.05) is 0 Å². The van der Waals surface area contributed by atoms with Crippen LogP contribution in [0.4, 0.5) is 14.9 Å². The fraction of sp³-hybridized carbons (Fsp3) is 0.167. The number of imide groups is 1. The Hall–Kier alpha value is -2.17. The smallest absolute Gasteiger partial charge is 0.311 e. The number of amides is 3. The van der Waals surface area contributed by atoms with Gasteiger partial charge >= 0.3 is 6.03 Å². The lowest BCUT2D eigenvalue weighted by Crippen LogP contribution is -2.33. The summed E-state index contributed by atoms with van der Waals surface area (Å²) in [4.78, 5) is 26.0. The Morgan fingerprint density at radius 2 is 1.94 bits per heavy atom. The summed E-state index contributed by atoms with van der Waals surface area (Å²) in [6.45, 7) is 3.87. The molecule has 0 spiro atoms. The van der Waals surface area contributed by atoms with E-state index in [4.69, 9.17) is 0 Å². The highest BCUT2D eigenvalue weighted by Gasteiger charge is 2.36. The predicted molar refractivity (Wildman–Crippen MR) is 61.1 cm³/mol. The lowest BCUT2D eigenvalue weighted by Gasteiger charge is -2.15. The number of hydrogen-bond acceptors (Lipinski definition) is 2. The second kappa shape index (κ2) is 4.37. The Labute approximate surface area is 97.9 Å². The van der Waals surface area contributed by atoms with Crippen LogP contribution in [-0.2, 0) is 4.79 Å². The molecular weight excluding hydrogens is 223 g/mol. The number of halogens is 1. The summed E-state index contributed by atoms with van der Waals surface area (Å²) in [6.07, 6.45) is 1.55. The largest absolute Gasteiger partial charge is 0.332 e. The Morgan fingerprint density at radius 3 is 2.53 bits per heavy atom. The first-order valence-electron chi connectivity index (χ1n) is 5.12. The first-order valence-corrected chi connectivity index (χ1v) is 5.12. The maximum Gasteiger partial charge on any atom is 0.332 e. The summed E-state index contributed by atoms with van der Waals surface area (Å²) in [6, 6.07) is 4.84. The fourth-order valence-corrected chi connectivity index (χ4v) is 1.69. The summed E-state index contributed by atoms with van der Waals surface area (Å²) >= 11 is 0. The van der Waals surface area contributed by atoms with E-state index in [0.717, 1.165) is 4.90 Å². The predicted octanol–water partition coefficient (Wildman–Crippen LogP) is 1.78. The van der Waals surface area contributed by atoms with Crippen LogP contribution in [0.5, 0.6) is 0 Å². The van der Waals surface area contributed by atoms with Crippen molar-refractivity contribution in [2.24, 2.45) is 0 Å². The van der Waals surface area contributed by atoms with E-state index in [1.165, 1.54) is 29.2 Å². The molecule has 0 bridgehead atoms. The average Bonchev–Trinajstić information content (AvgIpc) is 2.57. The van der Waals surface area contributed by atoms with Crippen LogP contribution in [-0.4, -0.2) is 29.9 Å². The topological polar surface area (TPSA) is 40.6 Å². The first-order chi connectivity index (χ1) is 8.13. The number of benzene rings is 1. The van der Waals surface area contributed by atoms with Crippen LogP contribution in [0.2, 0.25) is 0 Å². The maximum absolute atomic E-state index is 12.8. The zero-order chi connectivity index (χ0) is 12.4. The zero-order valence-electron chi connectivity index (χ0n) is 9.10. The molecule has 17 heavy (non-hydrogen) atoms. The van der Waals surface area contributed by atoms with Gasteiger partial charge in [0.25, 0.3) is 5.91 Å². The van der Waals surface area contributed by atoms with Crippen LogP contribution in [0.25, 0.3) is 0 Å². The summed E-state index contributed by atoms with van der Waals surface area (Å²) in [5.41, 5.74) is 0.382. The van der Waals surface area contributed by atoms with Crippen molar-refractivity contribution in [2.45, 2.75) is 0 Å². The van der Waals surface area contributed by atoms with Gasteiger partial charge in [-0.1, -0.05) is 6.08 Å². The van der Waals surface area contributed by atoms with Gasteiger partial charge in [0.15, 0.2) is 0 Å². The molecule has 0 N–H and O–H groups in total. The molecule has 1 aromatic carbocycles. The molecule has 0 atom stereocenters. The minimum atomic E-state index is -0.407. The van der Waals surface area contributed by atoms with E-state index >= 15 is 0 Å². The molecule has 0 aromatic heterocycles. The van der Waals surface area contributed by atoms with Gasteiger partial charge in [-0.05, 0) is 24.3 Å². The minimum absolute atomic E-state index is 0.0300. The number of urea groups is 1. The van der Waals surface area contributed by atoms with Crippen molar-refractivity contribution in [3.63, 3.8) is 0 Å². The third-order valence-corrected chi connectivity index (χ3v) is 2.47. The number of nitrogens with zero attached hydrogens (tertiary/aromatic N) is 2. The average molecular weight is 234 g/mol. The summed E-state index contributed by atoms with van der Waals surface area (Å²) < 4.78 is 12.8. The van der Waals surface area contributed by atoms with Gasteiger partial charge in [-0.3, -0.25) is 4.79 Å². The Balaban J connectivity index is 2.27. The third-order valence-electron chi connectivity index (χ3n) is 2.47. The number of rotatable bonds is 3. The number of carbonyl (C=O) groups is 2.